The van der Waals surface area contributed by atoms with E-state index in [1.165, 1.54) is 11.1 Å². The minimum Gasteiger partial charge on any atom is -0.487 e. The van der Waals surface area contributed by atoms with Gasteiger partial charge in [0, 0.05) is 25.1 Å². The Morgan fingerprint density at radius 2 is 2.00 bits per heavy atom. The molecule has 0 radical (unpaired) electrons. The van der Waals surface area contributed by atoms with Crippen molar-refractivity contribution in [3.63, 3.8) is 0 Å². The van der Waals surface area contributed by atoms with Gasteiger partial charge in [0.2, 0.25) is 0 Å². The van der Waals surface area contributed by atoms with E-state index >= 15 is 0 Å². The average molecular weight is 247 g/mol. The van der Waals surface area contributed by atoms with Crippen molar-refractivity contribution in [1.29, 1.82) is 0 Å². The average Bonchev–Trinajstić information content (AvgIpc) is 2.51. The summed E-state index contributed by atoms with van der Waals surface area (Å²) in [5.74, 6) is 1.10. The number of nitrogens with one attached hydrogen (secondary N) is 1. The van der Waals surface area contributed by atoms with Crippen LogP contribution in [0.1, 0.15) is 45.7 Å². The van der Waals surface area contributed by atoms with Gasteiger partial charge in [-0.05, 0) is 24.8 Å². The molecule has 18 heavy (non-hydrogen) atoms. The SMILES string of the molecule is CC(C)(C)CNCc1cccc2c1OC(C)(C)C2. The first-order chi connectivity index (χ1) is 8.27. The first-order valence-electron chi connectivity index (χ1n) is 6.77. The van der Waals surface area contributed by atoms with Crippen LogP contribution in [0, 0.1) is 5.41 Å². The summed E-state index contributed by atoms with van der Waals surface area (Å²) in [6.45, 7) is 12.9. The molecule has 2 rings (SSSR count). The van der Waals surface area contributed by atoms with Gasteiger partial charge in [-0.15, -0.1) is 0 Å². The van der Waals surface area contributed by atoms with E-state index in [0.29, 0.717) is 5.41 Å². The molecule has 0 amide bonds. The monoisotopic (exact) mass is 247 g/mol. The van der Waals surface area contributed by atoms with E-state index in [2.05, 4.69) is 58.1 Å². The van der Waals surface area contributed by atoms with Crippen LogP contribution >= 0.6 is 0 Å². The van der Waals surface area contributed by atoms with Crippen LogP contribution < -0.4 is 10.1 Å². The molecule has 0 spiro atoms. The lowest BCUT2D eigenvalue weighted by Gasteiger charge is -2.20. The van der Waals surface area contributed by atoms with E-state index in [-0.39, 0.29) is 5.60 Å². The molecule has 0 aromatic heterocycles. The molecule has 1 N–H and O–H groups in total. The maximum absolute atomic E-state index is 6.07. The van der Waals surface area contributed by atoms with Gasteiger partial charge in [-0.3, -0.25) is 0 Å². The van der Waals surface area contributed by atoms with Crippen molar-refractivity contribution >= 4 is 0 Å². The predicted octanol–water partition coefficient (Wildman–Crippen LogP) is 3.54. The Bertz CT molecular complexity index is 429. The van der Waals surface area contributed by atoms with Crippen molar-refractivity contribution in [3.8, 4) is 5.75 Å². The summed E-state index contributed by atoms with van der Waals surface area (Å²) >= 11 is 0. The molecule has 1 aliphatic rings. The fraction of sp³-hybridized carbons (Fsp3) is 0.625. The van der Waals surface area contributed by atoms with E-state index in [1.54, 1.807) is 0 Å². The molecule has 0 unspecified atom stereocenters. The summed E-state index contributed by atoms with van der Waals surface area (Å²) in [5, 5.41) is 3.52. The van der Waals surface area contributed by atoms with E-state index in [0.717, 1.165) is 25.3 Å². The number of hydrogen-bond donors (Lipinski definition) is 1. The van der Waals surface area contributed by atoms with Crippen LogP contribution in [0.25, 0.3) is 0 Å². The normalized spacial score (nSPS) is 17.4. The smallest absolute Gasteiger partial charge is 0.127 e. The van der Waals surface area contributed by atoms with Gasteiger partial charge in [-0.2, -0.15) is 0 Å². The van der Waals surface area contributed by atoms with Crippen molar-refractivity contribution in [2.75, 3.05) is 6.54 Å². The van der Waals surface area contributed by atoms with Crippen molar-refractivity contribution in [1.82, 2.24) is 5.32 Å². The van der Waals surface area contributed by atoms with Crippen LogP contribution in [-0.4, -0.2) is 12.1 Å². The van der Waals surface area contributed by atoms with Crippen molar-refractivity contribution < 1.29 is 4.74 Å². The lowest BCUT2D eigenvalue weighted by atomic mass is 9.97. The zero-order valence-corrected chi connectivity index (χ0v) is 12.3. The molecule has 0 aliphatic carbocycles. The lowest BCUT2D eigenvalue weighted by molar-refractivity contribution is 0.137. The number of ether oxygens (including phenoxy) is 1. The second kappa shape index (κ2) is 4.58. The fourth-order valence-corrected chi connectivity index (χ4v) is 2.39. The van der Waals surface area contributed by atoms with Gasteiger partial charge in [0.25, 0.3) is 0 Å². The molecule has 100 valence electrons. The van der Waals surface area contributed by atoms with E-state index in [4.69, 9.17) is 4.74 Å². The van der Waals surface area contributed by atoms with Gasteiger partial charge in [0.1, 0.15) is 11.4 Å². The first-order valence-corrected chi connectivity index (χ1v) is 6.77. The molecule has 1 aliphatic heterocycles. The molecule has 1 heterocycles. The zero-order valence-electron chi connectivity index (χ0n) is 12.3. The third kappa shape index (κ3) is 3.26. The second-order valence-electron chi connectivity index (χ2n) is 7.11. The minimum absolute atomic E-state index is 0.0531. The molecular formula is C16H25NO. The number of benzene rings is 1. The quantitative estimate of drug-likeness (QED) is 0.882. The van der Waals surface area contributed by atoms with Gasteiger partial charge in [0.15, 0.2) is 0 Å². The lowest BCUT2D eigenvalue weighted by Crippen LogP contribution is -2.27. The Labute approximate surface area is 111 Å². The number of hydrogen-bond acceptors (Lipinski definition) is 2. The van der Waals surface area contributed by atoms with Crippen LogP contribution in [0.2, 0.25) is 0 Å². The van der Waals surface area contributed by atoms with Gasteiger partial charge >= 0.3 is 0 Å². The summed E-state index contributed by atoms with van der Waals surface area (Å²) in [5.41, 5.74) is 2.89. The Morgan fingerprint density at radius 1 is 1.28 bits per heavy atom. The van der Waals surface area contributed by atoms with Gasteiger partial charge in [0.05, 0.1) is 0 Å². The Balaban J connectivity index is 2.06. The maximum Gasteiger partial charge on any atom is 0.127 e. The molecule has 0 fully saturated rings. The van der Waals surface area contributed by atoms with E-state index in [1.807, 2.05) is 0 Å². The van der Waals surface area contributed by atoms with Crippen LogP contribution in [0.3, 0.4) is 0 Å². The first kappa shape index (κ1) is 13.4. The van der Waals surface area contributed by atoms with Crippen LogP contribution in [0.15, 0.2) is 18.2 Å². The molecule has 0 saturated heterocycles. The highest BCUT2D eigenvalue weighted by molar-refractivity contribution is 5.45. The minimum atomic E-state index is -0.0531. The number of rotatable bonds is 3. The molecule has 1 aromatic carbocycles. The molecule has 2 heteroatoms. The highest BCUT2D eigenvalue weighted by Crippen LogP contribution is 2.37. The third-order valence-electron chi connectivity index (χ3n) is 3.14. The van der Waals surface area contributed by atoms with E-state index in [9.17, 15) is 0 Å². The summed E-state index contributed by atoms with van der Waals surface area (Å²) < 4.78 is 6.07. The number of para-hydroxylation sites is 1. The molecule has 1 aromatic rings. The summed E-state index contributed by atoms with van der Waals surface area (Å²) in [4.78, 5) is 0. The largest absolute Gasteiger partial charge is 0.487 e. The second-order valence-corrected chi connectivity index (χ2v) is 7.11. The van der Waals surface area contributed by atoms with Crippen LogP contribution in [0.4, 0.5) is 0 Å². The predicted molar refractivity (Wildman–Crippen MR) is 76.0 cm³/mol. The van der Waals surface area contributed by atoms with Gasteiger partial charge < -0.3 is 10.1 Å². The highest BCUT2D eigenvalue weighted by atomic mass is 16.5. The summed E-state index contributed by atoms with van der Waals surface area (Å²) in [6.07, 6.45) is 1.01. The van der Waals surface area contributed by atoms with Crippen LogP contribution in [0.5, 0.6) is 5.75 Å². The maximum atomic E-state index is 6.07. The van der Waals surface area contributed by atoms with Crippen molar-refractivity contribution in [3.05, 3.63) is 29.3 Å². The van der Waals surface area contributed by atoms with Gasteiger partial charge in [-0.25, -0.2) is 0 Å². The zero-order chi connectivity index (χ0) is 13.4. The molecule has 2 nitrogen and oxygen atoms in total. The number of fused-ring (bicyclic) bond motifs is 1. The van der Waals surface area contributed by atoms with Gasteiger partial charge in [-0.1, -0.05) is 39.0 Å². The standard InChI is InChI=1S/C16H25NO/c1-15(2,3)11-17-10-13-8-6-7-12-9-16(4,5)18-14(12)13/h6-8,17H,9-11H2,1-5H3. The molecule has 0 saturated carbocycles. The Kier molecular flexibility index (Phi) is 3.41. The van der Waals surface area contributed by atoms with E-state index < -0.39 is 0 Å². The van der Waals surface area contributed by atoms with Crippen molar-refractivity contribution in [2.24, 2.45) is 5.41 Å². The summed E-state index contributed by atoms with van der Waals surface area (Å²) in [6, 6.07) is 6.48. The fourth-order valence-electron chi connectivity index (χ4n) is 2.39. The molecule has 0 atom stereocenters. The third-order valence-corrected chi connectivity index (χ3v) is 3.14. The highest BCUT2D eigenvalue weighted by Gasteiger charge is 2.31. The Morgan fingerprint density at radius 3 is 2.67 bits per heavy atom. The molecule has 0 bridgehead atoms. The Hall–Kier alpha value is -1.02. The topological polar surface area (TPSA) is 21.3 Å². The van der Waals surface area contributed by atoms with Crippen molar-refractivity contribution in [2.45, 2.75) is 53.2 Å². The van der Waals surface area contributed by atoms with Crippen LogP contribution in [-0.2, 0) is 13.0 Å². The molecular weight excluding hydrogens is 222 g/mol. The summed E-state index contributed by atoms with van der Waals surface area (Å²) in [7, 11) is 0.